The Morgan fingerprint density at radius 1 is 1.00 bits per heavy atom. The van der Waals surface area contributed by atoms with Gasteiger partial charge in [0.2, 0.25) is 0 Å². The standard InChI is InChI=1S/C28H29N7O/c36-26(31-24-9-8-19-4-1-2-7-23(19)24)21-5-3-6-22(18-21)33-28(12-16-30-17-13-28)27-32-25(34-35-27)20-10-14-29-15-11-20/h1-7,10-11,14-15,18,24,30,33H,8-9,12-13,16-17H2,(H,31,36)(H,32,34,35). The van der Waals surface area contributed by atoms with Crippen molar-refractivity contribution in [3.63, 3.8) is 0 Å². The molecule has 0 bridgehead atoms. The highest BCUT2D eigenvalue weighted by Crippen LogP contribution is 2.34. The van der Waals surface area contributed by atoms with Crippen molar-refractivity contribution in [1.29, 1.82) is 0 Å². The maximum Gasteiger partial charge on any atom is 0.251 e. The summed E-state index contributed by atoms with van der Waals surface area (Å²) in [6.07, 6.45) is 7.10. The normalized spacial score (nSPS) is 18.4. The second-order valence-electron chi connectivity index (χ2n) is 9.54. The topological polar surface area (TPSA) is 108 Å². The fraction of sp³-hybridized carbons (Fsp3) is 0.286. The number of piperidine rings is 1. The minimum atomic E-state index is -0.414. The molecule has 0 radical (unpaired) electrons. The van der Waals surface area contributed by atoms with Crippen LogP contribution in [0.25, 0.3) is 11.4 Å². The lowest BCUT2D eigenvalue weighted by Gasteiger charge is -2.37. The summed E-state index contributed by atoms with van der Waals surface area (Å²) in [5, 5.41) is 18.0. The Morgan fingerprint density at radius 3 is 2.69 bits per heavy atom. The number of benzene rings is 2. The van der Waals surface area contributed by atoms with E-state index in [4.69, 9.17) is 4.98 Å². The van der Waals surface area contributed by atoms with Crippen LogP contribution < -0.4 is 16.0 Å². The van der Waals surface area contributed by atoms with Crippen LogP contribution in [-0.2, 0) is 12.0 Å². The Labute approximate surface area is 210 Å². The summed E-state index contributed by atoms with van der Waals surface area (Å²) in [5.41, 5.74) is 4.59. The highest BCUT2D eigenvalue weighted by atomic mass is 16.1. The van der Waals surface area contributed by atoms with Gasteiger partial charge in [0.25, 0.3) is 5.91 Å². The van der Waals surface area contributed by atoms with Crippen molar-refractivity contribution in [2.45, 2.75) is 37.3 Å². The lowest BCUT2D eigenvalue weighted by atomic mass is 9.87. The maximum atomic E-state index is 13.2. The molecular formula is C28H29N7O. The lowest BCUT2D eigenvalue weighted by molar-refractivity contribution is 0.0936. The molecular weight excluding hydrogens is 450 g/mol. The summed E-state index contributed by atoms with van der Waals surface area (Å²) >= 11 is 0. The van der Waals surface area contributed by atoms with Gasteiger partial charge in [-0.3, -0.25) is 14.9 Å². The monoisotopic (exact) mass is 479 g/mol. The van der Waals surface area contributed by atoms with Crippen LogP contribution in [0.4, 0.5) is 5.69 Å². The van der Waals surface area contributed by atoms with E-state index in [1.807, 2.05) is 42.5 Å². The largest absolute Gasteiger partial charge is 0.373 e. The van der Waals surface area contributed by atoms with Gasteiger partial charge >= 0.3 is 0 Å². The summed E-state index contributed by atoms with van der Waals surface area (Å²) in [4.78, 5) is 22.1. The predicted molar refractivity (Wildman–Crippen MR) is 138 cm³/mol. The van der Waals surface area contributed by atoms with Gasteiger partial charge in [-0.15, -0.1) is 0 Å². The zero-order valence-electron chi connectivity index (χ0n) is 20.0. The van der Waals surface area contributed by atoms with Crippen LogP contribution in [0.2, 0.25) is 0 Å². The molecule has 1 atom stereocenters. The van der Waals surface area contributed by atoms with Crippen LogP contribution in [0.5, 0.6) is 0 Å². The number of fused-ring (bicyclic) bond motifs is 1. The number of carbonyl (C=O) groups is 1. The molecule has 0 spiro atoms. The van der Waals surface area contributed by atoms with Gasteiger partial charge in [0, 0.05) is 29.2 Å². The number of rotatable bonds is 6. The molecule has 1 aliphatic carbocycles. The second-order valence-corrected chi connectivity index (χ2v) is 9.54. The molecule has 8 nitrogen and oxygen atoms in total. The molecule has 1 amide bonds. The molecule has 0 saturated carbocycles. The molecule has 2 aromatic carbocycles. The molecule has 4 aromatic rings. The molecule has 1 unspecified atom stereocenters. The van der Waals surface area contributed by atoms with Crippen molar-refractivity contribution >= 4 is 11.6 Å². The first-order valence-corrected chi connectivity index (χ1v) is 12.5. The van der Waals surface area contributed by atoms with Crippen LogP contribution >= 0.6 is 0 Å². The number of hydrogen-bond acceptors (Lipinski definition) is 6. The molecule has 2 aliphatic rings. The number of hydrogen-bond donors (Lipinski definition) is 4. The van der Waals surface area contributed by atoms with Gasteiger partial charge in [0.15, 0.2) is 11.6 Å². The van der Waals surface area contributed by atoms with Crippen LogP contribution in [0.1, 0.15) is 52.6 Å². The Kier molecular flexibility index (Phi) is 5.95. The average Bonchev–Trinajstić information content (AvgIpc) is 3.59. The van der Waals surface area contributed by atoms with Crippen LogP contribution in [0.3, 0.4) is 0 Å². The number of H-pyrrole nitrogens is 1. The van der Waals surface area contributed by atoms with E-state index in [0.29, 0.717) is 11.4 Å². The summed E-state index contributed by atoms with van der Waals surface area (Å²) in [7, 11) is 0. The van der Waals surface area contributed by atoms with Crippen molar-refractivity contribution in [1.82, 2.24) is 30.8 Å². The second kappa shape index (κ2) is 9.54. The Hall–Kier alpha value is -4.04. The number of aryl methyl sites for hydroxylation is 1. The number of carbonyl (C=O) groups excluding carboxylic acids is 1. The fourth-order valence-corrected chi connectivity index (χ4v) is 5.34. The van der Waals surface area contributed by atoms with Crippen LogP contribution in [0.15, 0.2) is 73.1 Å². The smallest absolute Gasteiger partial charge is 0.251 e. The van der Waals surface area contributed by atoms with Crippen LogP contribution in [-0.4, -0.2) is 39.2 Å². The minimum absolute atomic E-state index is 0.0562. The number of pyridine rings is 1. The van der Waals surface area contributed by atoms with E-state index in [1.54, 1.807) is 12.4 Å². The first-order chi connectivity index (χ1) is 17.7. The Balaban J connectivity index is 1.23. The van der Waals surface area contributed by atoms with Crippen molar-refractivity contribution < 1.29 is 4.79 Å². The van der Waals surface area contributed by atoms with Gasteiger partial charge in [0.1, 0.15) is 0 Å². The number of aromatic nitrogens is 4. The maximum absolute atomic E-state index is 13.2. The highest BCUT2D eigenvalue weighted by molar-refractivity contribution is 5.95. The zero-order valence-corrected chi connectivity index (χ0v) is 20.0. The number of nitrogens with zero attached hydrogens (tertiary/aromatic N) is 3. The number of anilines is 1. The van der Waals surface area contributed by atoms with Gasteiger partial charge in [-0.2, -0.15) is 5.10 Å². The Morgan fingerprint density at radius 2 is 1.83 bits per heavy atom. The third-order valence-corrected chi connectivity index (χ3v) is 7.28. The average molecular weight is 480 g/mol. The predicted octanol–water partition coefficient (Wildman–Crippen LogP) is 3.97. The molecule has 2 aromatic heterocycles. The molecule has 8 heteroatoms. The van der Waals surface area contributed by atoms with Gasteiger partial charge in [-0.25, -0.2) is 4.98 Å². The van der Waals surface area contributed by atoms with E-state index in [2.05, 4.69) is 49.3 Å². The van der Waals surface area contributed by atoms with Gasteiger partial charge in [-0.1, -0.05) is 30.3 Å². The third-order valence-electron chi connectivity index (χ3n) is 7.28. The quantitative estimate of drug-likeness (QED) is 0.333. The van der Waals surface area contributed by atoms with E-state index in [-0.39, 0.29) is 11.9 Å². The van der Waals surface area contributed by atoms with Crippen molar-refractivity contribution in [3.05, 3.63) is 95.6 Å². The first kappa shape index (κ1) is 22.4. The van der Waals surface area contributed by atoms with Gasteiger partial charge < -0.3 is 16.0 Å². The van der Waals surface area contributed by atoms with E-state index >= 15 is 0 Å². The summed E-state index contributed by atoms with van der Waals surface area (Å²) < 4.78 is 0. The van der Waals surface area contributed by atoms with Crippen molar-refractivity contribution in [2.75, 3.05) is 18.4 Å². The molecule has 182 valence electrons. The van der Waals surface area contributed by atoms with Gasteiger partial charge in [0.05, 0.1) is 11.6 Å². The SMILES string of the molecule is O=C(NC1CCc2ccccc21)c1cccc(NC2(c3nc(-c4ccncc4)n[nH]3)CCNCC2)c1. The Bertz CT molecular complexity index is 1360. The molecule has 1 fully saturated rings. The summed E-state index contributed by atoms with van der Waals surface area (Å²) in [5.74, 6) is 1.39. The zero-order chi connectivity index (χ0) is 24.4. The minimum Gasteiger partial charge on any atom is -0.373 e. The molecule has 1 aliphatic heterocycles. The highest BCUT2D eigenvalue weighted by Gasteiger charge is 2.37. The van der Waals surface area contributed by atoms with Gasteiger partial charge in [-0.05, 0) is 80.2 Å². The third kappa shape index (κ3) is 4.35. The molecule has 3 heterocycles. The number of amides is 1. The first-order valence-electron chi connectivity index (χ1n) is 12.5. The number of nitrogens with one attached hydrogen (secondary N) is 4. The van der Waals surface area contributed by atoms with Crippen molar-refractivity contribution in [3.8, 4) is 11.4 Å². The molecule has 1 saturated heterocycles. The van der Waals surface area contributed by atoms with E-state index in [1.165, 1.54) is 11.1 Å². The summed E-state index contributed by atoms with van der Waals surface area (Å²) in [6.45, 7) is 1.72. The van der Waals surface area contributed by atoms with E-state index in [9.17, 15) is 4.79 Å². The molecule has 6 rings (SSSR count). The summed E-state index contributed by atoms with van der Waals surface area (Å²) in [6, 6.07) is 20.0. The fourth-order valence-electron chi connectivity index (χ4n) is 5.34. The van der Waals surface area contributed by atoms with Crippen LogP contribution in [0, 0.1) is 0 Å². The molecule has 4 N–H and O–H groups in total. The number of aromatic amines is 1. The molecule has 36 heavy (non-hydrogen) atoms. The van der Waals surface area contributed by atoms with Crippen molar-refractivity contribution in [2.24, 2.45) is 0 Å². The van der Waals surface area contributed by atoms with E-state index < -0.39 is 5.54 Å². The lowest BCUT2D eigenvalue weighted by Crippen LogP contribution is -2.46. The van der Waals surface area contributed by atoms with E-state index in [0.717, 1.165) is 55.8 Å².